The molecule has 1 nitrogen and oxygen atoms in total. The molecule has 3 heteroatoms. The molecule has 1 aromatic carbocycles. The predicted molar refractivity (Wildman–Crippen MR) is 73.5 cm³/mol. The molecular weight excluding hydrogens is 287 g/mol. The van der Waals surface area contributed by atoms with Gasteiger partial charge in [0.05, 0.1) is 11.6 Å². The summed E-state index contributed by atoms with van der Waals surface area (Å²) in [6.45, 7) is 4.31. The zero-order valence-corrected chi connectivity index (χ0v) is 12.3. The van der Waals surface area contributed by atoms with Gasteiger partial charge in [0, 0.05) is 5.38 Å². The van der Waals surface area contributed by atoms with Crippen LogP contribution in [-0.2, 0) is 6.42 Å². The van der Waals surface area contributed by atoms with Crippen molar-refractivity contribution in [2.75, 3.05) is 7.11 Å². The van der Waals surface area contributed by atoms with Crippen molar-refractivity contribution in [1.29, 1.82) is 0 Å². The molecule has 0 aromatic heterocycles. The quantitative estimate of drug-likeness (QED) is 0.719. The largest absolute Gasteiger partial charge is 0.496 e. The summed E-state index contributed by atoms with van der Waals surface area (Å²) in [6, 6.07) is 6.17. The third-order valence-electron chi connectivity index (χ3n) is 2.65. The van der Waals surface area contributed by atoms with Gasteiger partial charge in [0.25, 0.3) is 0 Å². The highest BCUT2D eigenvalue weighted by Crippen LogP contribution is 2.26. The third kappa shape index (κ3) is 3.99. The van der Waals surface area contributed by atoms with E-state index in [1.165, 1.54) is 5.56 Å². The minimum absolute atomic E-state index is 0.251. The van der Waals surface area contributed by atoms with Crippen molar-refractivity contribution in [2.24, 2.45) is 5.92 Å². The molecule has 0 fully saturated rings. The topological polar surface area (TPSA) is 9.23 Å². The van der Waals surface area contributed by atoms with E-state index >= 15 is 0 Å². The Hall–Kier alpha value is -0.210. The van der Waals surface area contributed by atoms with Crippen molar-refractivity contribution in [3.05, 3.63) is 28.2 Å². The van der Waals surface area contributed by atoms with Crippen molar-refractivity contribution in [1.82, 2.24) is 0 Å². The second-order valence-electron chi connectivity index (χ2n) is 4.27. The first-order valence-electron chi connectivity index (χ1n) is 5.51. The van der Waals surface area contributed by atoms with E-state index in [1.807, 2.05) is 6.07 Å². The molecule has 0 saturated heterocycles. The Morgan fingerprint density at radius 3 is 2.56 bits per heavy atom. The lowest BCUT2D eigenvalue weighted by atomic mass is 10.0. The second-order valence-corrected chi connectivity index (χ2v) is 5.68. The highest BCUT2D eigenvalue weighted by molar-refractivity contribution is 9.10. The lowest BCUT2D eigenvalue weighted by molar-refractivity contribution is 0.412. The maximum absolute atomic E-state index is 6.23. The molecule has 0 aliphatic carbocycles. The maximum atomic E-state index is 6.23. The van der Waals surface area contributed by atoms with E-state index in [2.05, 4.69) is 41.9 Å². The van der Waals surface area contributed by atoms with Crippen molar-refractivity contribution >= 4 is 27.5 Å². The van der Waals surface area contributed by atoms with Gasteiger partial charge in [0.2, 0.25) is 0 Å². The number of hydrogen-bond donors (Lipinski definition) is 0. The van der Waals surface area contributed by atoms with E-state index in [1.54, 1.807) is 7.11 Å². The molecule has 0 heterocycles. The van der Waals surface area contributed by atoms with Gasteiger partial charge < -0.3 is 4.74 Å². The SMILES string of the molecule is COc1ccc(CCC(Cl)C(C)C)cc1Br. The molecule has 0 N–H and O–H groups in total. The minimum atomic E-state index is 0.251. The summed E-state index contributed by atoms with van der Waals surface area (Å²) in [7, 11) is 1.67. The van der Waals surface area contributed by atoms with Gasteiger partial charge in [-0.15, -0.1) is 11.6 Å². The Kier molecular flexibility index (Phi) is 5.63. The van der Waals surface area contributed by atoms with E-state index in [-0.39, 0.29) is 5.38 Å². The molecule has 0 amide bonds. The number of halogens is 2. The summed E-state index contributed by atoms with van der Waals surface area (Å²) in [5.74, 6) is 1.40. The molecule has 1 unspecified atom stereocenters. The minimum Gasteiger partial charge on any atom is -0.496 e. The summed E-state index contributed by atoms with van der Waals surface area (Å²) in [5.41, 5.74) is 1.29. The molecule has 1 atom stereocenters. The van der Waals surface area contributed by atoms with Crippen LogP contribution in [0.1, 0.15) is 25.8 Å². The summed E-state index contributed by atoms with van der Waals surface area (Å²) in [4.78, 5) is 0. The Morgan fingerprint density at radius 2 is 2.06 bits per heavy atom. The van der Waals surface area contributed by atoms with E-state index in [9.17, 15) is 0 Å². The summed E-state index contributed by atoms with van der Waals surface area (Å²) in [5, 5.41) is 0.251. The Labute approximate surface area is 111 Å². The molecule has 0 aliphatic heterocycles. The van der Waals surface area contributed by atoms with Crippen LogP contribution in [0.3, 0.4) is 0 Å². The van der Waals surface area contributed by atoms with Crippen LogP contribution in [0.15, 0.2) is 22.7 Å². The van der Waals surface area contributed by atoms with E-state index in [0.717, 1.165) is 23.1 Å². The molecule has 16 heavy (non-hydrogen) atoms. The number of alkyl halides is 1. The standard InChI is InChI=1S/C13H18BrClO/c1-9(2)12(15)6-4-10-5-7-13(16-3)11(14)8-10/h5,7-9,12H,4,6H2,1-3H3. The summed E-state index contributed by atoms with van der Waals surface area (Å²) < 4.78 is 6.19. The van der Waals surface area contributed by atoms with E-state index in [4.69, 9.17) is 16.3 Å². The first kappa shape index (κ1) is 13.9. The maximum Gasteiger partial charge on any atom is 0.133 e. The Bertz CT molecular complexity index is 339. The van der Waals surface area contributed by atoms with Crippen LogP contribution in [0.5, 0.6) is 5.75 Å². The number of aryl methyl sites for hydroxylation is 1. The number of hydrogen-bond acceptors (Lipinski definition) is 1. The monoisotopic (exact) mass is 304 g/mol. The van der Waals surface area contributed by atoms with Gasteiger partial charge in [-0.1, -0.05) is 19.9 Å². The van der Waals surface area contributed by atoms with Crippen LogP contribution in [0, 0.1) is 5.92 Å². The number of rotatable bonds is 5. The van der Waals surface area contributed by atoms with Crippen molar-refractivity contribution in [3.63, 3.8) is 0 Å². The molecule has 0 aliphatic rings. The fourth-order valence-corrected chi connectivity index (χ4v) is 2.20. The molecule has 0 bridgehead atoms. The highest BCUT2D eigenvalue weighted by Gasteiger charge is 2.10. The van der Waals surface area contributed by atoms with Crippen LogP contribution in [0.25, 0.3) is 0 Å². The second kappa shape index (κ2) is 6.51. The van der Waals surface area contributed by atoms with Crippen LogP contribution < -0.4 is 4.74 Å². The van der Waals surface area contributed by atoms with Crippen molar-refractivity contribution < 1.29 is 4.74 Å². The van der Waals surface area contributed by atoms with Gasteiger partial charge in [-0.2, -0.15) is 0 Å². The van der Waals surface area contributed by atoms with Crippen LogP contribution in [0.2, 0.25) is 0 Å². The lowest BCUT2D eigenvalue weighted by Gasteiger charge is -2.13. The fourth-order valence-electron chi connectivity index (χ4n) is 1.50. The lowest BCUT2D eigenvalue weighted by Crippen LogP contribution is -2.08. The van der Waals surface area contributed by atoms with Crippen LogP contribution >= 0.6 is 27.5 Å². The summed E-state index contributed by atoms with van der Waals surface area (Å²) >= 11 is 9.71. The van der Waals surface area contributed by atoms with Gasteiger partial charge in [0.15, 0.2) is 0 Å². The van der Waals surface area contributed by atoms with Gasteiger partial charge in [-0.05, 0) is 52.4 Å². The van der Waals surface area contributed by atoms with Gasteiger partial charge >= 0.3 is 0 Å². The normalized spacial score (nSPS) is 12.9. The molecule has 1 aromatic rings. The average molecular weight is 306 g/mol. The predicted octanol–water partition coefficient (Wildman–Crippen LogP) is 4.65. The van der Waals surface area contributed by atoms with E-state index < -0.39 is 0 Å². The zero-order valence-electron chi connectivity index (χ0n) is 9.97. The number of benzene rings is 1. The van der Waals surface area contributed by atoms with Gasteiger partial charge in [-0.3, -0.25) is 0 Å². The molecule has 0 radical (unpaired) electrons. The highest BCUT2D eigenvalue weighted by atomic mass is 79.9. The number of ether oxygens (including phenoxy) is 1. The van der Waals surface area contributed by atoms with Crippen molar-refractivity contribution in [2.45, 2.75) is 32.1 Å². The average Bonchev–Trinajstić information content (AvgIpc) is 2.25. The fraction of sp³-hybridized carbons (Fsp3) is 0.538. The van der Waals surface area contributed by atoms with Crippen LogP contribution in [-0.4, -0.2) is 12.5 Å². The molecule has 90 valence electrons. The smallest absolute Gasteiger partial charge is 0.133 e. The number of methoxy groups -OCH3 is 1. The van der Waals surface area contributed by atoms with Gasteiger partial charge in [-0.25, -0.2) is 0 Å². The summed E-state index contributed by atoms with van der Waals surface area (Å²) in [6.07, 6.45) is 2.02. The molecule has 0 saturated carbocycles. The van der Waals surface area contributed by atoms with Gasteiger partial charge in [0.1, 0.15) is 5.75 Å². The van der Waals surface area contributed by atoms with Crippen molar-refractivity contribution in [3.8, 4) is 5.75 Å². The van der Waals surface area contributed by atoms with Crippen LogP contribution in [0.4, 0.5) is 0 Å². The molecule has 0 spiro atoms. The first-order valence-corrected chi connectivity index (χ1v) is 6.74. The first-order chi connectivity index (χ1) is 7.54. The zero-order chi connectivity index (χ0) is 12.1. The Balaban J connectivity index is 2.58. The molecular formula is C13H18BrClO. The third-order valence-corrected chi connectivity index (χ3v) is 3.99. The van der Waals surface area contributed by atoms with E-state index in [0.29, 0.717) is 5.92 Å². The molecule has 1 rings (SSSR count). The Morgan fingerprint density at radius 1 is 1.38 bits per heavy atom.